The maximum Gasteiger partial charge on any atom is 0.407 e. The van der Waals surface area contributed by atoms with Crippen LogP contribution in [0.4, 0.5) is 22.4 Å². The van der Waals surface area contributed by atoms with Crippen molar-refractivity contribution in [2.45, 2.75) is 13.8 Å². The molecule has 0 spiro atoms. The minimum absolute atomic E-state index is 0.452. The molecule has 2 aromatic heterocycles. The molecule has 2 aromatic rings. The van der Waals surface area contributed by atoms with Gasteiger partial charge in [0, 0.05) is 49.7 Å². The molecule has 0 atom stereocenters. The lowest BCUT2D eigenvalue weighted by Gasteiger charge is -2.33. The molecule has 0 radical (unpaired) electrons. The van der Waals surface area contributed by atoms with E-state index < -0.39 is 6.09 Å². The third-order valence-corrected chi connectivity index (χ3v) is 3.64. The van der Waals surface area contributed by atoms with Crippen LogP contribution in [0.1, 0.15) is 11.4 Å². The summed E-state index contributed by atoms with van der Waals surface area (Å²) in [5.74, 6) is 1.96. The van der Waals surface area contributed by atoms with E-state index in [0.717, 1.165) is 11.4 Å². The van der Waals surface area contributed by atoms with Gasteiger partial charge < -0.3 is 20.2 Å². The highest BCUT2D eigenvalue weighted by Gasteiger charge is 2.22. The highest BCUT2D eigenvalue weighted by Crippen LogP contribution is 2.18. The van der Waals surface area contributed by atoms with Crippen LogP contribution in [0.2, 0.25) is 0 Å². The van der Waals surface area contributed by atoms with Gasteiger partial charge in [0.2, 0.25) is 5.95 Å². The fraction of sp³-hybridized carbons (Fsp3) is 0.429. The zero-order valence-electron chi connectivity index (χ0n) is 13.1. The molecule has 1 amide bonds. The average Bonchev–Trinajstić information content (AvgIpc) is 2.92. The molecule has 122 valence electrons. The molecule has 3 N–H and O–H groups in total. The standard InChI is InChI=1S/C14H19N7O2/c1-9-7-11(16-12-8-10(2)18-19-12)17-13(15-9)20-3-5-21(6-4-20)14(22)23/h7-8H,3-6H2,1-2H3,(H,22,23)(H2,15,16,17,18,19). The number of aryl methyl sites for hydroxylation is 2. The molecule has 3 heterocycles. The van der Waals surface area contributed by atoms with Gasteiger partial charge >= 0.3 is 6.09 Å². The van der Waals surface area contributed by atoms with Crippen LogP contribution in [0.15, 0.2) is 12.1 Å². The third kappa shape index (κ3) is 3.50. The van der Waals surface area contributed by atoms with Crippen molar-refractivity contribution in [1.29, 1.82) is 0 Å². The summed E-state index contributed by atoms with van der Waals surface area (Å²) in [4.78, 5) is 23.3. The molecule has 1 saturated heterocycles. The fourth-order valence-electron chi connectivity index (χ4n) is 2.47. The number of amides is 1. The van der Waals surface area contributed by atoms with Gasteiger partial charge in [0.1, 0.15) is 5.82 Å². The number of anilines is 3. The van der Waals surface area contributed by atoms with Crippen LogP contribution in [0, 0.1) is 13.8 Å². The van der Waals surface area contributed by atoms with E-state index in [1.165, 1.54) is 4.90 Å². The summed E-state index contributed by atoms with van der Waals surface area (Å²) in [7, 11) is 0. The van der Waals surface area contributed by atoms with Crippen LogP contribution in [-0.2, 0) is 0 Å². The minimum Gasteiger partial charge on any atom is -0.465 e. The summed E-state index contributed by atoms with van der Waals surface area (Å²) < 4.78 is 0. The second kappa shape index (κ2) is 6.11. The SMILES string of the molecule is Cc1cc(Nc2cc(C)[nH]n2)nc(N2CCN(C(=O)O)CC2)n1. The summed E-state index contributed by atoms with van der Waals surface area (Å²) >= 11 is 0. The number of aromatic amines is 1. The van der Waals surface area contributed by atoms with Crippen molar-refractivity contribution in [3.8, 4) is 0 Å². The van der Waals surface area contributed by atoms with Crippen molar-refractivity contribution < 1.29 is 9.90 Å². The Hall–Kier alpha value is -2.84. The Balaban J connectivity index is 1.74. The van der Waals surface area contributed by atoms with Crippen molar-refractivity contribution in [1.82, 2.24) is 25.1 Å². The number of aromatic nitrogens is 4. The van der Waals surface area contributed by atoms with E-state index in [4.69, 9.17) is 5.11 Å². The van der Waals surface area contributed by atoms with Crippen molar-refractivity contribution in [3.05, 3.63) is 23.5 Å². The summed E-state index contributed by atoms with van der Waals surface area (Å²) in [5, 5.41) is 19.2. The van der Waals surface area contributed by atoms with Crippen molar-refractivity contribution in [2.24, 2.45) is 0 Å². The van der Waals surface area contributed by atoms with Crippen LogP contribution < -0.4 is 10.2 Å². The smallest absolute Gasteiger partial charge is 0.407 e. The molecule has 0 aromatic carbocycles. The van der Waals surface area contributed by atoms with Gasteiger partial charge in [-0.05, 0) is 13.8 Å². The summed E-state index contributed by atoms with van der Waals surface area (Å²) in [6.07, 6.45) is -0.883. The lowest BCUT2D eigenvalue weighted by molar-refractivity contribution is 0.142. The number of carboxylic acid groups (broad SMARTS) is 1. The van der Waals surface area contributed by atoms with E-state index in [2.05, 4.69) is 25.5 Å². The van der Waals surface area contributed by atoms with E-state index in [1.807, 2.05) is 30.9 Å². The Kier molecular flexibility index (Phi) is 4.00. The largest absolute Gasteiger partial charge is 0.465 e. The number of hydrogen-bond donors (Lipinski definition) is 3. The van der Waals surface area contributed by atoms with Gasteiger partial charge in [-0.3, -0.25) is 5.10 Å². The number of hydrogen-bond acceptors (Lipinski definition) is 6. The summed E-state index contributed by atoms with van der Waals surface area (Å²) in [5.41, 5.74) is 1.80. The molecular weight excluding hydrogens is 298 g/mol. The number of H-pyrrole nitrogens is 1. The molecular formula is C14H19N7O2. The van der Waals surface area contributed by atoms with Crippen molar-refractivity contribution >= 4 is 23.7 Å². The Bertz CT molecular complexity index is 707. The Morgan fingerprint density at radius 1 is 1.17 bits per heavy atom. The lowest BCUT2D eigenvalue weighted by Crippen LogP contribution is -2.48. The zero-order valence-corrected chi connectivity index (χ0v) is 13.1. The van der Waals surface area contributed by atoms with Crippen LogP contribution in [-0.4, -0.2) is 62.4 Å². The second-order valence-corrected chi connectivity index (χ2v) is 5.51. The first-order valence-electron chi connectivity index (χ1n) is 7.39. The van der Waals surface area contributed by atoms with Gasteiger partial charge in [-0.1, -0.05) is 0 Å². The first kappa shape index (κ1) is 15.1. The second-order valence-electron chi connectivity index (χ2n) is 5.51. The number of rotatable bonds is 3. The molecule has 3 rings (SSSR count). The van der Waals surface area contributed by atoms with Gasteiger partial charge in [0.25, 0.3) is 0 Å². The molecule has 1 fully saturated rings. The average molecular weight is 317 g/mol. The summed E-state index contributed by atoms with van der Waals surface area (Å²) in [6, 6.07) is 3.74. The molecule has 1 aliphatic rings. The van der Waals surface area contributed by atoms with E-state index >= 15 is 0 Å². The highest BCUT2D eigenvalue weighted by molar-refractivity contribution is 5.65. The Morgan fingerprint density at radius 2 is 1.91 bits per heavy atom. The molecule has 1 aliphatic heterocycles. The molecule has 23 heavy (non-hydrogen) atoms. The topological polar surface area (TPSA) is 110 Å². The first-order chi connectivity index (χ1) is 11.0. The molecule has 9 heteroatoms. The minimum atomic E-state index is -0.883. The number of nitrogens with zero attached hydrogens (tertiary/aromatic N) is 5. The fourth-order valence-corrected chi connectivity index (χ4v) is 2.47. The predicted octanol–water partition coefficient (Wildman–Crippen LogP) is 1.36. The normalized spacial score (nSPS) is 14.9. The number of piperazine rings is 1. The van der Waals surface area contributed by atoms with E-state index in [0.29, 0.717) is 43.8 Å². The van der Waals surface area contributed by atoms with Crippen LogP contribution in [0.3, 0.4) is 0 Å². The maximum atomic E-state index is 11.0. The van der Waals surface area contributed by atoms with Gasteiger partial charge in [-0.15, -0.1) is 0 Å². The third-order valence-electron chi connectivity index (χ3n) is 3.64. The molecule has 0 saturated carbocycles. The maximum absolute atomic E-state index is 11.0. The van der Waals surface area contributed by atoms with Gasteiger partial charge in [-0.25, -0.2) is 9.78 Å². The van der Waals surface area contributed by atoms with E-state index in [9.17, 15) is 4.79 Å². The van der Waals surface area contributed by atoms with Gasteiger partial charge in [0.15, 0.2) is 5.82 Å². The first-order valence-corrected chi connectivity index (χ1v) is 7.39. The van der Waals surface area contributed by atoms with Gasteiger partial charge in [0.05, 0.1) is 0 Å². The van der Waals surface area contributed by atoms with E-state index in [-0.39, 0.29) is 0 Å². The zero-order chi connectivity index (χ0) is 16.4. The molecule has 0 bridgehead atoms. The molecule has 9 nitrogen and oxygen atoms in total. The lowest BCUT2D eigenvalue weighted by atomic mass is 10.3. The van der Waals surface area contributed by atoms with Crippen molar-refractivity contribution in [3.63, 3.8) is 0 Å². The van der Waals surface area contributed by atoms with Crippen LogP contribution in [0.5, 0.6) is 0 Å². The van der Waals surface area contributed by atoms with Crippen LogP contribution >= 0.6 is 0 Å². The van der Waals surface area contributed by atoms with E-state index in [1.54, 1.807) is 0 Å². The molecule has 0 aliphatic carbocycles. The highest BCUT2D eigenvalue weighted by atomic mass is 16.4. The molecule has 0 unspecified atom stereocenters. The summed E-state index contributed by atoms with van der Waals surface area (Å²) in [6.45, 7) is 5.89. The Morgan fingerprint density at radius 3 is 2.52 bits per heavy atom. The Labute approximate surface area is 133 Å². The quantitative estimate of drug-likeness (QED) is 0.784. The van der Waals surface area contributed by atoms with Gasteiger partial charge in [-0.2, -0.15) is 10.1 Å². The van der Waals surface area contributed by atoms with Crippen LogP contribution in [0.25, 0.3) is 0 Å². The van der Waals surface area contributed by atoms with Crippen molar-refractivity contribution in [2.75, 3.05) is 36.4 Å². The predicted molar refractivity (Wildman–Crippen MR) is 85.2 cm³/mol. The number of carbonyl (C=O) groups is 1. The monoisotopic (exact) mass is 317 g/mol. The number of nitrogens with one attached hydrogen (secondary N) is 2.